The van der Waals surface area contributed by atoms with Crippen molar-refractivity contribution in [2.75, 3.05) is 46.9 Å². The standard InChI is InChI=1S/C28H23N2OP.C14H15N2OP/c1-29-25-18-16-20-10-6-8-14-23(20)27(25)28-24-15-9-7-11-21(24)17-19-26(28)30(2)32(29,31)22-12-4-3-5-13-22;1-15-13-10-6-7-11-14(13)16(2)18(15,17)12-8-4-3-5-9-12/h3-19H,1-2H3;3-11H,1-2H3. The summed E-state index contributed by atoms with van der Waals surface area (Å²) in [5.74, 6) is 0. The number of nitrogens with zero attached hydrogens (tertiary/aromatic N) is 4. The molecule has 0 spiro atoms. The van der Waals surface area contributed by atoms with Gasteiger partial charge in [0.05, 0.1) is 33.4 Å². The van der Waals surface area contributed by atoms with E-state index in [4.69, 9.17) is 0 Å². The Morgan fingerprint density at radius 2 is 0.660 bits per heavy atom. The lowest BCUT2D eigenvalue weighted by atomic mass is 9.91. The quantitative estimate of drug-likeness (QED) is 0.168. The molecule has 0 amide bonds. The number of benzene rings is 7. The first-order chi connectivity index (χ1) is 24.3. The van der Waals surface area contributed by atoms with E-state index in [2.05, 4.69) is 72.8 Å². The van der Waals surface area contributed by atoms with Gasteiger partial charge in [0.1, 0.15) is 0 Å². The van der Waals surface area contributed by atoms with Gasteiger partial charge in [0.15, 0.2) is 0 Å². The van der Waals surface area contributed by atoms with Crippen molar-refractivity contribution in [2.24, 2.45) is 0 Å². The highest BCUT2D eigenvalue weighted by Gasteiger charge is 2.43. The molecule has 0 saturated heterocycles. The van der Waals surface area contributed by atoms with Crippen molar-refractivity contribution < 1.29 is 9.13 Å². The Hall–Kier alpha value is -5.28. The molecule has 248 valence electrons. The molecule has 0 bridgehead atoms. The Labute approximate surface area is 293 Å². The molecule has 0 atom stereocenters. The van der Waals surface area contributed by atoms with Crippen LogP contribution >= 0.6 is 14.9 Å². The average molecular weight is 693 g/mol. The lowest BCUT2D eigenvalue weighted by Gasteiger charge is -2.36. The fourth-order valence-corrected chi connectivity index (χ4v) is 12.7. The van der Waals surface area contributed by atoms with Gasteiger partial charge in [-0.3, -0.25) is 9.13 Å². The van der Waals surface area contributed by atoms with Crippen LogP contribution in [0.1, 0.15) is 0 Å². The largest absolute Gasteiger partial charge is 0.306 e. The number of hydrogen-bond acceptors (Lipinski definition) is 2. The van der Waals surface area contributed by atoms with Gasteiger partial charge >= 0.3 is 0 Å². The predicted molar refractivity (Wildman–Crippen MR) is 214 cm³/mol. The van der Waals surface area contributed by atoms with Crippen molar-refractivity contribution >= 4 is 69.8 Å². The van der Waals surface area contributed by atoms with E-state index >= 15 is 0 Å². The summed E-state index contributed by atoms with van der Waals surface area (Å²) in [5.41, 5.74) is 6.28. The third-order valence-corrected chi connectivity index (χ3v) is 16.2. The molecule has 0 unspecified atom stereocenters. The smallest absolute Gasteiger partial charge is 0.292 e. The van der Waals surface area contributed by atoms with Crippen molar-refractivity contribution in [3.8, 4) is 11.1 Å². The first-order valence-electron chi connectivity index (χ1n) is 16.7. The van der Waals surface area contributed by atoms with Crippen LogP contribution < -0.4 is 29.3 Å². The van der Waals surface area contributed by atoms with Crippen molar-refractivity contribution in [3.63, 3.8) is 0 Å². The lowest BCUT2D eigenvalue weighted by Crippen LogP contribution is -2.32. The SMILES string of the molecule is CN1c2ccc3ccccc3c2-c2c(ccc3ccccc23)N(C)P1(=O)c1ccccc1.CN1c2ccccc2N(C)P1(=O)c1ccccc1. The average Bonchev–Trinajstić information content (AvgIpc) is 3.34. The Bertz CT molecular complexity index is 2360. The van der Waals surface area contributed by atoms with E-state index in [9.17, 15) is 9.13 Å². The minimum Gasteiger partial charge on any atom is -0.306 e. The molecular formula is C42H38N4O2P2. The number of rotatable bonds is 2. The summed E-state index contributed by atoms with van der Waals surface area (Å²) in [5, 5.41) is 6.39. The summed E-state index contributed by atoms with van der Waals surface area (Å²) < 4.78 is 36.2. The lowest BCUT2D eigenvalue weighted by molar-refractivity contribution is 0.578. The predicted octanol–water partition coefficient (Wildman–Crippen LogP) is 10.2. The summed E-state index contributed by atoms with van der Waals surface area (Å²) in [7, 11) is 1.86. The van der Waals surface area contributed by atoms with Crippen LogP contribution in [0.2, 0.25) is 0 Å². The molecule has 7 aromatic carbocycles. The van der Waals surface area contributed by atoms with Crippen LogP contribution in [0.25, 0.3) is 32.7 Å². The maximum Gasteiger partial charge on any atom is 0.292 e. The molecule has 7 aromatic rings. The third kappa shape index (κ3) is 4.70. The van der Waals surface area contributed by atoms with Gasteiger partial charge in [-0.1, -0.05) is 109 Å². The number of para-hydroxylation sites is 2. The van der Waals surface area contributed by atoms with Crippen LogP contribution in [0.15, 0.2) is 158 Å². The maximum atomic E-state index is 15.0. The molecule has 0 radical (unpaired) electrons. The number of anilines is 4. The fourth-order valence-electron chi connectivity index (χ4n) is 7.52. The molecule has 8 heteroatoms. The highest BCUT2D eigenvalue weighted by Crippen LogP contribution is 2.63. The Balaban J connectivity index is 0.000000170. The van der Waals surface area contributed by atoms with E-state index in [0.29, 0.717) is 0 Å². The fraction of sp³-hybridized carbons (Fsp3) is 0.0952. The number of hydrogen-bond donors (Lipinski definition) is 0. The molecule has 0 saturated carbocycles. The Kier molecular flexibility index (Phi) is 7.83. The molecule has 6 nitrogen and oxygen atoms in total. The van der Waals surface area contributed by atoms with Crippen molar-refractivity contribution in [3.05, 3.63) is 158 Å². The van der Waals surface area contributed by atoms with E-state index in [1.165, 1.54) is 21.5 Å². The van der Waals surface area contributed by atoms with E-state index in [-0.39, 0.29) is 0 Å². The molecular weight excluding hydrogens is 654 g/mol. The molecule has 0 aromatic heterocycles. The van der Waals surface area contributed by atoms with Gasteiger partial charge < -0.3 is 18.7 Å². The third-order valence-electron chi connectivity index (χ3n) is 10.2. The molecule has 0 N–H and O–H groups in total. The van der Waals surface area contributed by atoms with Gasteiger partial charge in [-0.05, 0) is 70.1 Å². The summed E-state index contributed by atoms with van der Waals surface area (Å²) in [6, 6.07) is 52.9. The minimum atomic E-state index is -3.15. The molecule has 9 rings (SSSR count). The van der Waals surface area contributed by atoms with Gasteiger partial charge in [-0.15, -0.1) is 0 Å². The normalized spacial score (nSPS) is 15.5. The molecule has 0 fully saturated rings. The summed E-state index contributed by atoms with van der Waals surface area (Å²) in [6.07, 6.45) is 0. The van der Waals surface area contributed by atoms with E-state index in [0.717, 1.165) is 44.5 Å². The topological polar surface area (TPSA) is 47.1 Å². The maximum absolute atomic E-state index is 15.0. The summed E-state index contributed by atoms with van der Waals surface area (Å²) >= 11 is 0. The molecule has 2 aliphatic rings. The summed E-state index contributed by atoms with van der Waals surface area (Å²) in [6.45, 7) is 0. The van der Waals surface area contributed by atoms with E-state index in [1.807, 2.05) is 132 Å². The highest BCUT2D eigenvalue weighted by atomic mass is 31.2. The molecule has 0 aliphatic carbocycles. The second-order valence-electron chi connectivity index (χ2n) is 12.7. The zero-order valence-electron chi connectivity index (χ0n) is 28.5. The van der Waals surface area contributed by atoms with Crippen LogP contribution in [-0.2, 0) is 9.13 Å². The second kappa shape index (κ2) is 12.2. The van der Waals surface area contributed by atoms with Gasteiger partial charge in [0.2, 0.25) is 0 Å². The highest BCUT2D eigenvalue weighted by molar-refractivity contribution is 7.75. The van der Waals surface area contributed by atoms with Gasteiger partial charge in [0.25, 0.3) is 14.9 Å². The Morgan fingerprint density at radius 1 is 0.340 bits per heavy atom. The molecule has 50 heavy (non-hydrogen) atoms. The van der Waals surface area contributed by atoms with Crippen molar-refractivity contribution in [2.45, 2.75) is 0 Å². The van der Waals surface area contributed by atoms with Crippen LogP contribution in [0, 0.1) is 0 Å². The van der Waals surface area contributed by atoms with E-state index < -0.39 is 14.9 Å². The van der Waals surface area contributed by atoms with Crippen LogP contribution in [0.5, 0.6) is 0 Å². The Morgan fingerprint density at radius 3 is 1.06 bits per heavy atom. The minimum absolute atomic E-state index is 0.824. The second-order valence-corrected chi connectivity index (χ2v) is 18.3. The van der Waals surface area contributed by atoms with E-state index in [1.54, 1.807) is 0 Å². The van der Waals surface area contributed by atoms with Crippen molar-refractivity contribution in [1.82, 2.24) is 0 Å². The number of fused-ring (bicyclic) bond motifs is 8. The van der Waals surface area contributed by atoms with Crippen LogP contribution in [0.4, 0.5) is 22.7 Å². The van der Waals surface area contributed by atoms with Gasteiger partial charge in [-0.25, -0.2) is 0 Å². The van der Waals surface area contributed by atoms with Gasteiger partial charge in [-0.2, -0.15) is 0 Å². The molecule has 2 aliphatic heterocycles. The first kappa shape index (κ1) is 32.0. The monoisotopic (exact) mass is 692 g/mol. The van der Waals surface area contributed by atoms with Gasteiger partial charge in [0, 0.05) is 39.3 Å². The van der Waals surface area contributed by atoms with Crippen molar-refractivity contribution in [1.29, 1.82) is 0 Å². The zero-order chi connectivity index (χ0) is 34.6. The zero-order valence-corrected chi connectivity index (χ0v) is 30.3. The molecule has 2 heterocycles. The van der Waals surface area contributed by atoms with Crippen LogP contribution in [0.3, 0.4) is 0 Å². The summed E-state index contributed by atoms with van der Waals surface area (Å²) in [4.78, 5) is 0. The first-order valence-corrected chi connectivity index (χ1v) is 19.9. The van der Waals surface area contributed by atoms with Crippen LogP contribution in [-0.4, -0.2) is 28.2 Å².